The molecule has 1 saturated heterocycles. The maximum absolute atomic E-state index is 11.9. The Bertz CT molecular complexity index is 574. The van der Waals surface area contributed by atoms with Gasteiger partial charge in [-0.1, -0.05) is 26.0 Å². The van der Waals surface area contributed by atoms with Crippen LogP contribution >= 0.6 is 11.8 Å². The molecular weight excluding hydrogens is 322 g/mol. The van der Waals surface area contributed by atoms with Gasteiger partial charge in [-0.05, 0) is 35.8 Å². The summed E-state index contributed by atoms with van der Waals surface area (Å²) < 4.78 is 0. The van der Waals surface area contributed by atoms with Crippen molar-refractivity contribution in [3.05, 3.63) is 35.4 Å². The van der Waals surface area contributed by atoms with Gasteiger partial charge >= 0.3 is 0 Å². The highest BCUT2D eigenvalue weighted by atomic mass is 32.2. The molecule has 1 aromatic carbocycles. The molecule has 0 spiro atoms. The number of benzene rings is 1. The fraction of sp³-hybridized carbons (Fsp3) is 0.556. The van der Waals surface area contributed by atoms with E-state index in [-0.39, 0.29) is 11.9 Å². The van der Waals surface area contributed by atoms with E-state index in [1.807, 2.05) is 18.4 Å². The first-order valence-corrected chi connectivity index (χ1v) is 9.69. The number of amides is 2. The highest BCUT2D eigenvalue weighted by Gasteiger charge is 2.35. The van der Waals surface area contributed by atoms with Gasteiger partial charge in [-0.3, -0.25) is 14.5 Å². The molecule has 0 bridgehead atoms. The van der Waals surface area contributed by atoms with Gasteiger partial charge in [0.15, 0.2) is 0 Å². The summed E-state index contributed by atoms with van der Waals surface area (Å²) in [7, 11) is 0. The number of hydrogen-bond donors (Lipinski definition) is 2. The molecule has 24 heavy (non-hydrogen) atoms. The Kier molecular flexibility index (Phi) is 6.69. The lowest BCUT2D eigenvalue weighted by atomic mass is 9.91. The number of hydrogen-bond acceptors (Lipinski definition) is 4. The average Bonchev–Trinajstić information content (AvgIpc) is 2.90. The fourth-order valence-electron chi connectivity index (χ4n) is 3.28. The summed E-state index contributed by atoms with van der Waals surface area (Å²) in [5, 5.41) is 3.19. The third kappa shape index (κ3) is 4.98. The lowest BCUT2D eigenvalue weighted by Gasteiger charge is -2.22. The molecule has 1 aromatic rings. The van der Waals surface area contributed by atoms with Gasteiger partial charge in [0.25, 0.3) is 0 Å². The standard InChI is InChI=1S/C18H27N3O2S/c1-12(2)15-9-21(10-16(15)20-17(22)11-24-3)8-13-4-6-14(7-5-13)18(19)23/h4-7,12,15-16H,8-11H2,1-3H3,(H2,19,23)(H,20,22)/t15-,16+/m0/s1. The molecule has 3 N–H and O–H groups in total. The molecule has 0 aromatic heterocycles. The predicted octanol–water partition coefficient (Wildman–Crippen LogP) is 1.72. The summed E-state index contributed by atoms with van der Waals surface area (Å²) in [5.41, 5.74) is 6.96. The minimum absolute atomic E-state index is 0.116. The zero-order valence-electron chi connectivity index (χ0n) is 14.6. The molecule has 0 unspecified atom stereocenters. The van der Waals surface area contributed by atoms with E-state index in [0.29, 0.717) is 23.2 Å². The van der Waals surface area contributed by atoms with Crippen LogP contribution in [0.3, 0.4) is 0 Å². The van der Waals surface area contributed by atoms with Gasteiger partial charge in [0, 0.05) is 31.2 Å². The number of thioether (sulfide) groups is 1. The van der Waals surface area contributed by atoms with Crippen molar-refractivity contribution in [2.24, 2.45) is 17.6 Å². The molecule has 0 saturated carbocycles. The largest absolute Gasteiger partial charge is 0.366 e. The Labute approximate surface area is 148 Å². The average molecular weight is 350 g/mol. The van der Waals surface area contributed by atoms with E-state index in [4.69, 9.17) is 5.73 Å². The van der Waals surface area contributed by atoms with Crippen LogP contribution in [0.1, 0.15) is 29.8 Å². The Balaban J connectivity index is 1.98. The molecule has 1 aliphatic rings. The molecule has 2 rings (SSSR count). The topological polar surface area (TPSA) is 75.4 Å². The fourth-order valence-corrected chi connectivity index (χ4v) is 3.63. The van der Waals surface area contributed by atoms with Crippen LogP contribution in [0, 0.1) is 11.8 Å². The maximum atomic E-state index is 11.9. The first kappa shape index (κ1) is 18.8. The second-order valence-corrected chi connectivity index (χ2v) is 7.64. The number of primary amides is 1. The SMILES string of the molecule is CSCC(=O)N[C@@H]1CN(Cc2ccc(C(N)=O)cc2)C[C@H]1C(C)C. The number of rotatable bonds is 7. The molecule has 5 nitrogen and oxygen atoms in total. The third-order valence-corrected chi connectivity index (χ3v) is 5.11. The van der Waals surface area contributed by atoms with Crippen molar-refractivity contribution in [3.8, 4) is 0 Å². The van der Waals surface area contributed by atoms with E-state index in [0.717, 1.165) is 25.2 Å². The molecule has 132 valence electrons. The molecular formula is C18H27N3O2S. The summed E-state index contributed by atoms with van der Waals surface area (Å²) in [6, 6.07) is 7.64. The van der Waals surface area contributed by atoms with Gasteiger partial charge in [-0.25, -0.2) is 0 Å². The highest BCUT2D eigenvalue weighted by molar-refractivity contribution is 7.99. The second kappa shape index (κ2) is 8.53. The number of nitrogens with one attached hydrogen (secondary N) is 1. The maximum Gasteiger partial charge on any atom is 0.248 e. The van der Waals surface area contributed by atoms with Crippen LogP contribution in [0.15, 0.2) is 24.3 Å². The first-order valence-electron chi connectivity index (χ1n) is 8.30. The molecule has 2 amide bonds. The van der Waals surface area contributed by atoms with Crippen molar-refractivity contribution in [2.75, 3.05) is 25.1 Å². The minimum Gasteiger partial charge on any atom is -0.366 e. The van der Waals surface area contributed by atoms with Crippen LogP contribution in [0.5, 0.6) is 0 Å². The monoisotopic (exact) mass is 349 g/mol. The third-order valence-electron chi connectivity index (χ3n) is 4.56. The van der Waals surface area contributed by atoms with E-state index in [2.05, 4.69) is 24.1 Å². The number of likely N-dealkylation sites (tertiary alicyclic amines) is 1. The van der Waals surface area contributed by atoms with Crippen molar-refractivity contribution in [3.63, 3.8) is 0 Å². The van der Waals surface area contributed by atoms with Crippen LogP contribution < -0.4 is 11.1 Å². The summed E-state index contributed by atoms with van der Waals surface area (Å²) in [5.74, 6) is 1.20. The van der Waals surface area contributed by atoms with E-state index < -0.39 is 5.91 Å². The van der Waals surface area contributed by atoms with Crippen LogP contribution in [-0.4, -0.2) is 47.9 Å². The number of carbonyl (C=O) groups is 2. The quantitative estimate of drug-likeness (QED) is 0.786. The number of carbonyl (C=O) groups excluding carboxylic acids is 2. The molecule has 6 heteroatoms. The zero-order chi connectivity index (χ0) is 17.7. The molecule has 0 aliphatic carbocycles. The highest BCUT2D eigenvalue weighted by Crippen LogP contribution is 2.26. The van der Waals surface area contributed by atoms with Crippen LogP contribution in [-0.2, 0) is 11.3 Å². The zero-order valence-corrected chi connectivity index (χ0v) is 15.4. The first-order chi connectivity index (χ1) is 11.4. The summed E-state index contributed by atoms with van der Waals surface area (Å²) >= 11 is 1.55. The summed E-state index contributed by atoms with van der Waals surface area (Å²) in [6.07, 6.45) is 1.94. The molecule has 1 heterocycles. The van der Waals surface area contributed by atoms with Crippen LogP contribution in [0.25, 0.3) is 0 Å². The Morgan fingerprint density at radius 2 is 1.96 bits per heavy atom. The minimum atomic E-state index is -0.404. The van der Waals surface area contributed by atoms with Gasteiger partial charge in [0.05, 0.1) is 5.75 Å². The van der Waals surface area contributed by atoms with E-state index in [9.17, 15) is 9.59 Å². The van der Waals surface area contributed by atoms with Crippen molar-refractivity contribution in [1.82, 2.24) is 10.2 Å². The van der Waals surface area contributed by atoms with Crippen molar-refractivity contribution < 1.29 is 9.59 Å². The van der Waals surface area contributed by atoms with E-state index >= 15 is 0 Å². The normalized spacial score (nSPS) is 21.2. The predicted molar refractivity (Wildman–Crippen MR) is 98.9 cm³/mol. The molecule has 1 fully saturated rings. The van der Waals surface area contributed by atoms with E-state index in [1.54, 1.807) is 23.9 Å². The molecule has 1 aliphatic heterocycles. The van der Waals surface area contributed by atoms with Crippen molar-refractivity contribution in [1.29, 1.82) is 0 Å². The Morgan fingerprint density at radius 1 is 1.29 bits per heavy atom. The van der Waals surface area contributed by atoms with E-state index in [1.165, 1.54) is 0 Å². The van der Waals surface area contributed by atoms with Gasteiger partial charge in [0.2, 0.25) is 11.8 Å². The van der Waals surface area contributed by atoms with Gasteiger partial charge < -0.3 is 11.1 Å². The number of nitrogens with two attached hydrogens (primary N) is 1. The second-order valence-electron chi connectivity index (χ2n) is 6.77. The summed E-state index contributed by atoms with van der Waals surface area (Å²) in [4.78, 5) is 25.5. The van der Waals surface area contributed by atoms with Crippen molar-refractivity contribution in [2.45, 2.75) is 26.4 Å². The lowest BCUT2D eigenvalue weighted by Crippen LogP contribution is -2.42. The summed E-state index contributed by atoms with van der Waals surface area (Å²) in [6.45, 7) is 7.07. The smallest absolute Gasteiger partial charge is 0.248 e. The van der Waals surface area contributed by atoms with Gasteiger partial charge in [-0.15, -0.1) is 0 Å². The Hall–Kier alpha value is -1.53. The van der Waals surface area contributed by atoms with Gasteiger partial charge in [-0.2, -0.15) is 11.8 Å². The van der Waals surface area contributed by atoms with Gasteiger partial charge in [0.1, 0.15) is 0 Å². The van der Waals surface area contributed by atoms with Crippen LogP contribution in [0.2, 0.25) is 0 Å². The molecule has 2 atom stereocenters. The lowest BCUT2D eigenvalue weighted by molar-refractivity contribution is -0.119. The Morgan fingerprint density at radius 3 is 2.50 bits per heavy atom. The number of nitrogens with zero attached hydrogens (tertiary/aromatic N) is 1. The molecule has 0 radical (unpaired) electrons. The van der Waals surface area contributed by atoms with Crippen LogP contribution in [0.4, 0.5) is 0 Å². The van der Waals surface area contributed by atoms with Crippen molar-refractivity contribution >= 4 is 23.6 Å².